The van der Waals surface area contributed by atoms with Crippen LogP contribution in [0.1, 0.15) is 60.8 Å². The Morgan fingerprint density at radius 1 is 1.13 bits per heavy atom. The molecule has 158 valence electrons. The molecule has 0 aromatic heterocycles. The summed E-state index contributed by atoms with van der Waals surface area (Å²) in [5, 5.41) is 3.61. The fraction of sp³-hybridized carbons (Fsp3) is 0.519. The first-order chi connectivity index (χ1) is 14.7. The van der Waals surface area contributed by atoms with Crippen molar-refractivity contribution < 1.29 is 4.79 Å². The molecule has 5 rings (SSSR count). The van der Waals surface area contributed by atoms with Gasteiger partial charge in [-0.05, 0) is 66.7 Å². The molecule has 0 saturated carbocycles. The van der Waals surface area contributed by atoms with Gasteiger partial charge in [-0.2, -0.15) is 0 Å². The molecule has 2 fully saturated rings. The summed E-state index contributed by atoms with van der Waals surface area (Å²) in [6.07, 6.45) is 6.74. The van der Waals surface area contributed by atoms with E-state index in [0.717, 1.165) is 58.3 Å². The zero-order valence-electron chi connectivity index (χ0n) is 18.2. The van der Waals surface area contributed by atoms with Crippen LogP contribution in [0.5, 0.6) is 0 Å². The van der Waals surface area contributed by atoms with E-state index in [1.807, 2.05) is 0 Å². The molecule has 0 bridgehead atoms. The van der Waals surface area contributed by atoms with Gasteiger partial charge in [-0.1, -0.05) is 55.5 Å². The molecule has 3 aliphatic rings. The van der Waals surface area contributed by atoms with Crippen LogP contribution in [0, 0.1) is 5.92 Å². The highest BCUT2D eigenvalue weighted by atomic mass is 16.2. The molecule has 2 aromatic rings. The van der Waals surface area contributed by atoms with E-state index in [1.165, 1.54) is 28.7 Å². The Hall–Kier alpha value is -2.13. The van der Waals surface area contributed by atoms with Crippen LogP contribution in [0.25, 0.3) is 0 Å². The van der Waals surface area contributed by atoms with E-state index < -0.39 is 0 Å². The largest absolute Gasteiger partial charge is 0.342 e. The molecule has 30 heavy (non-hydrogen) atoms. The first-order valence-electron chi connectivity index (χ1n) is 11.9. The summed E-state index contributed by atoms with van der Waals surface area (Å²) in [5.41, 5.74) is 5.78. The Balaban J connectivity index is 1.35. The smallest absolute Gasteiger partial charge is 0.227 e. The third-order valence-corrected chi connectivity index (χ3v) is 8.01. The Bertz CT molecular complexity index is 900. The molecule has 2 aromatic carbocycles. The van der Waals surface area contributed by atoms with Gasteiger partial charge in [0.1, 0.15) is 0 Å². The zero-order chi connectivity index (χ0) is 20.6. The van der Waals surface area contributed by atoms with Crippen molar-refractivity contribution in [1.82, 2.24) is 10.2 Å². The third kappa shape index (κ3) is 3.37. The number of aryl methyl sites for hydroxylation is 2. The van der Waals surface area contributed by atoms with E-state index in [0.29, 0.717) is 11.8 Å². The lowest BCUT2D eigenvalue weighted by Gasteiger charge is -2.42. The van der Waals surface area contributed by atoms with Gasteiger partial charge in [-0.3, -0.25) is 4.79 Å². The molecule has 2 aliphatic heterocycles. The van der Waals surface area contributed by atoms with Crippen molar-refractivity contribution in [2.45, 2.75) is 56.8 Å². The number of piperidine rings is 1. The highest BCUT2D eigenvalue weighted by Gasteiger charge is 2.51. The van der Waals surface area contributed by atoms with Crippen LogP contribution in [-0.4, -0.2) is 37.0 Å². The summed E-state index contributed by atoms with van der Waals surface area (Å²) in [4.78, 5) is 15.9. The van der Waals surface area contributed by atoms with Crippen molar-refractivity contribution in [3.63, 3.8) is 0 Å². The van der Waals surface area contributed by atoms with Crippen LogP contribution in [0.4, 0.5) is 0 Å². The monoisotopic (exact) mass is 402 g/mol. The molecular weight excluding hydrogens is 368 g/mol. The van der Waals surface area contributed by atoms with Crippen molar-refractivity contribution in [2.75, 3.05) is 26.2 Å². The fourth-order valence-corrected chi connectivity index (χ4v) is 6.29. The average molecular weight is 403 g/mol. The second-order valence-electron chi connectivity index (χ2n) is 9.55. The summed E-state index contributed by atoms with van der Waals surface area (Å²) in [5.74, 6) is 1.06. The highest BCUT2D eigenvalue weighted by molar-refractivity contribution is 5.82. The number of carbonyl (C=O) groups excluding carboxylic acids is 1. The van der Waals surface area contributed by atoms with Gasteiger partial charge >= 0.3 is 0 Å². The van der Waals surface area contributed by atoms with Crippen LogP contribution in [0.2, 0.25) is 0 Å². The van der Waals surface area contributed by atoms with Gasteiger partial charge in [0.15, 0.2) is 0 Å². The van der Waals surface area contributed by atoms with Gasteiger partial charge in [0.2, 0.25) is 5.91 Å². The molecule has 2 heterocycles. The van der Waals surface area contributed by atoms with Crippen LogP contribution in [-0.2, 0) is 23.1 Å². The second-order valence-corrected chi connectivity index (χ2v) is 9.55. The molecule has 3 heteroatoms. The Morgan fingerprint density at radius 2 is 1.93 bits per heavy atom. The van der Waals surface area contributed by atoms with Crippen molar-refractivity contribution in [1.29, 1.82) is 0 Å². The van der Waals surface area contributed by atoms with E-state index in [2.05, 4.69) is 65.7 Å². The van der Waals surface area contributed by atoms with E-state index in [4.69, 9.17) is 0 Å². The number of benzene rings is 2. The van der Waals surface area contributed by atoms with Crippen molar-refractivity contribution in [3.05, 3.63) is 70.8 Å². The molecule has 3 nitrogen and oxygen atoms in total. The zero-order valence-corrected chi connectivity index (χ0v) is 18.2. The minimum atomic E-state index is -0.00673. The number of rotatable bonds is 3. The summed E-state index contributed by atoms with van der Waals surface area (Å²) in [6.45, 7) is 5.79. The van der Waals surface area contributed by atoms with Gasteiger partial charge in [0, 0.05) is 31.6 Å². The Morgan fingerprint density at radius 3 is 2.70 bits per heavy atom. The second kappa shape index (κ2) is 8.19. The lowest BCUT2D eigenvalue weighted by molar-refractivity contribution is -0.138. The van der Waals surface area contributed by atoms with Crippen LogP contribution >= 0.6 is 0 Å². The molecule has 1 spiro atoms. The molecule has 1 aliphatic carbocycles. The lowest BCUT2D eigenvalue weighted by Crippen LogP contribution is -2.49. The van der Waals surface area contributed by atoms with Crippen molar-refractivity contribution in [2.24, 2.45) is 5.92 Å². The number of hydrogen-bond donors (Lipinski definition) is 1. The minimum absolute atomic E-state index is 0.00673. The maximum Gasteiger partial charge on any atom is 0.227 e. The first-order valence-corrected chi connectivity index (χ1v) is 11.9. The van der Waals surface area contributed by atoms with Crippen LogP contribution in [0.15, 0.2) is 48.5 Å². The number of hydrogen-bond acceptors (Lipinski definition) is 2. The van der Waals surface area contributed by atoms with Gasteiger partial charge in [0.05, 0.1) is 5.92 Å². The standard InChI is InChI=1S/C27H34N2O/c1-2-20-10-11-24-23(17-20)9-6-14-27(24)19-28-18-25(27)26(30)29-15-12-22(13-16-29)21-7-4-3-5-8-21/h3-5,7-8,10-11,17,22,25,28H,2,6,9,12-16,18-19H2,1H3. The van der Waals surface area contributed by atoms with E-state index in [9.17, 15) is 4.79 Å². The topological polar surface area (TPSA) is 32.3 Å². The number of nitrogens with one attached hydrogen (secondary N) is 1. The summed E-state index contributed by atoms with van der Waals surface area (Å²) in [7, 11) is 0. The van der Waals surface area contributed by atoms with E-state index >= 15 is 0 Å². The number of amides is 1. The number of likely N-dealkylation sites (tertiary alicyclic amines) is 1. The predicted molar refractivity (Wildman–Crippen MR) is 122 cm³/mol. The summed E-state index contributed by atoms with van der Waals surface area (Å²) >= 11 is 0. The first kappa shape index (κ1) is 19.8. The van der Waals surface area contributed by atoms with Gasteiger partial charge in [-0.15, -0.1) is 0 Å². The molecule has 0 radical (unpaired) electrons. The van der Waals surface area contributed by atoms with E-state index in [-0.39, 0.29) is 11.3 Å². The Kier molecular flexibility index (Phi) is 5.41. The molecule has 2 unspecified atom stereocenters. The minimum Gasteiger partial charge on any atom is -0.342 e. The maximum absolute atomic E-state index is 13.7. The average Bonchev–Trinajstić information content (AvgIpc) is 3.23. The predicted octanol–water partition coefficient (Wildman–Crippen LogP) is 4.45. The Labute approximate surface area is 180 Å². The lowest BCUT2D eigenvalue weighted by atomic mass is 9.64. The fourth-order valence-electron chi connectivity index (χ4n) is 6.29. The molecular formula is C27H34N2O. The van der Waals surface area contributed by atoms with Gasteiger partial charge in [-0.25, -0.2) is 0 Å². The summed E-state index contributed by atoms with van der Waals surface area (Å²) in [6, 6.07) is 17.9. The molecule has 1 amide bonds. The number of carbonyl (C=O) groups is 1. The van der Waals surface area contributed by atoms with Crippen LogP contribution < -0.4 is 5.32 Å². The highest BCUT2D eigenvalue weighted by Crippen LogP contribution is 2.46. The van der Waals surface area contributed by atoms with Crippen LogP contribution in [0.3, 0.4) is 0 Å². The molecule has 2 atom stereocenters. The summed E-state index contributed by atoms with van der Waals surface area (Å²) < 4.78 is 0. The molecule has 1 N–H and O–H groups in total. The normalized spacial score (nSPS) is 26.7. The van der Waals surface area contributed by atoms with Gasteiger partial charge < -0.3 is 10.2 Å². The number of nitrogens with zero attached hydrogens (tertiary/aromatic N) is 1. The molecule has 2 saturated heterocycles. The quantitative estimate of drug-likeness (QED) is 0.823. The van der Waals surface area contributed by atoms with Crippen molar-refractivity contribution >= 4 is 5.91 Å². The van der Waals surface area contributed by atoms with Crippen molar-refractivity contribution in [3.8, 4) is 0 Å². The SMILES string of the molecule is CCc1ccc2c(c1)CCCC21CNCC1C(=O)N1CCC(c2ccccc2)CC1. The van der Waals surface area contributed by atoms with Gasteiger partial charge in [0.25, 0.3) is 0 Å². The maximum atomic E-state index is 13.7. The van der Waals surface area contributed by atoms with E-state index in [1.54, 1.807) is 0 Å². The number of fused-ring (bicyclic) bond motifs is 2. The third-order valence-electron chi connectivity index (χ3n) is 8.01.